The summed E-state index contributed by atoms with van der Waals surface area (Å²) < 4.78 is 12.9. The molecule has 1 aliphatic rings. The van der Waals surface area contributed by atoms with E-state index in [1.807, 2.05) is 31.2 Å². The molecule has 8 nitrogen and oxygen atoms in total. The Kier molecular flexibility index (Phi) is 6.70. The lowest BCUT2D eigenvalue weighted by atomic mass is 10.2. The van der Waals surface area contributed by atoms with Crippen LogP contribution >= 0.6 is 0 Å². The number of nitrogens with zero attached hydrogens (tertiary/aromatic N) is 4. The van der Waals surface area contributed by atoms with Crippen molar-refractivity contribution in [2.75, 3.05) is 27.3 Å². The maximum absolute atomic E-state index is 12.7. The van der Waals surface area contributed by atoms with Crippen LogP contribution in [0.15, 0.2) is 48.5 Å². The van der Waals surface area contributed by atoms with Crippen molar-refractivity contribution in [3.05, 3.63) is 71.3 Å². The van der Waals surface area contributed by atoms with Gasteiger partial charge in [-0.05, 0) is 31.2 Å². The Labute approximate surface area is 188 Å². The molecule has 0 saturated heterocycles. The van der Waals surface area contributed by atoms with Gasteiger partial charge in [0.05, 0.1) is 20.3 Å². The summed E-state index contributed by atoms with van der Waals surface area (Å²) in [6, 6.07) is 15.0. The normalized spacial score (nSPS) is 14.8. The minimum absolute atomic E-state index is 0.167. The predicted molar refractivity (Wildman–Crippen MR) is 121 cm³/mol. The number of ether oxygens (including phenoxy) is 2. The van der Waals surface area contributed by atoms with Gasteiger partial charge in [-0.25, -0.2) is 0 Å². The molecule has 0 fully saturated rings. The second kappa shape index (κ2) is 9.82. The molecule has 1 atom stereocenters. The lowest BCUT2D eigenvalue weighted by Crippen LogP contribution is -2.30. The van der Waals surface area contributed by atoms with Crippen LogP contribution in [0.1, 0.15) is 40.5 Å². The summed E-state index contributed by atoms with van der Waals surface area (Å²) in [4.78, 5) is 15.1. The van der Waals surface area contributed by atoms with Crippen molar-refractivity contribution in [2.24, 2.45) is 0 Å². The Morgan fingerprint density at radius 1 is 1.06 bits per heavy atom. The van der Waals surface area contributed by atoms with Gasteiger partial charge >= 0.3 is 0 Å². The van der Waals surface area contributed by atoms with Crippen molar-refractivity contribution in [1.29, 1.82) is 0 Å². The van der Waals surface area contributed by atoms with E-state index in [9.17, 15) is 4.79 Å². The van der Waals surface area contributed by atoms with Crippen LogP contribution in [-0.4, -0.2) is 52.9 Å². The number of aromatic nitrogens is 3. The fourth-order valence-electron chi connectivity index (χ4n) is 4.05. The van der Waals surface area contributed by atoms with E-state index in [2.05, 4.69) is 31.0 Å². The molecule has 2 aromatic carbocycles. The van der Waals surface area contributed by atoms with Crippen molar-refractivity contribution in [2.45, 2.75) is 32.5 Å². The molecule has 0 aliphatic carbocycles. The molecule has 1 aliphatic heterocycles. The first-order chi connectivity index (χ1) is 15.6. The number of methoxy groups -OCH3 is 2. The van der Waals surface area contributed by atoms with Gasteiger partial charge in [0.1, 0.15) is 17.3 Å². The van der Waals surface area contributed by atoms with Crippen LogP contribution in [-0.2, 0) is 19.5 Å². The highest BCUT2D eigenvalue weighted by molar-refractivity contribution is 5.94. The summed E-state index contributed by atoms with van der Waals surface area (Å²) in [6.07, 6.45) is 0.804. The number of benzene rings is 2. The zero-order chi connectivity index (χ0) is 22.5. The first kappa shape index (κ1) is 21.8. The molecular formula is C24H29N5O3. The Bertz CT molecular complexity index is 1080. The SMILES string of the molecule is COc1cccc(C(=O)NC(C)c2nnc3n2CCN(Cc2ccccc2OC)CC3)c1. The van der Waals surface area contributed by atoms with Gasteiger partial charge in [-0.2, -0.15) is 0 Å². The molecule has 1 aromatic heterocycles. The summed E-state index contributed by atoms with van der Waals surface area (Å²) >= 11 is 0. The van der Waals surface area contributed by atoms with Crippen LogP contribution in [0, 0.1) is 0 Å². The van der Waals surface area contributed by atoms with E-state index in [-0.39, 0.29) is 11.9 Å². The van der Waals surface area contributed by atoms with Crippen LogP contribution in [0.2, 0.25) is 0 Å². The highest BCUT2D eigenvalue weighted by Gasteiger charge is 2.23. The predicted octanol–water partition coefficient (Wildman–Crippen LogP) is 2.84. The molecule has 32 heavy (non-hydrogen) atoms. The standard InChI is InChI=1S/C24H29N5O3/c1-17(25-24(30)18-8-6-9-20(15-18)31-2)23-27-26-22-11-12-28(13-14-29(22)23)16-19-7-4-5-10-21(19)32-3/h4-10,15,17H,11-14,16H2,1-3H3,(H,25,30). The Morgan fingerprint density at radius 2 is 1.91 bits per heavy atom. The number of amides is 1. The van der Waals surface area contributed by atoms with Crippen molar-refractivity contribution in [1.82, 2.24) is 25.0 Å². The second-order valence-electron chi connectivity index (χ2n) is 7.89. The quantitative estimate of drug-likeness (QED) is 0.615. The zero-order valence-corrected chi connectivity index (χ0v) is 18.7. The average molecular weight is 436 g/mol. The zero-order valence-electron chi connectivity index (χ0n) is 18.7. The molecule has 2 heterocycles. The van der Waals surface area contributed by atoms with Crippen LogP contribution in [0.5, 0.6) is 11.5 Å². The first-order valence-corrected chi connectivity index (χ1v) is 10.8. The fraction of sp³-hybridized carbons (Fsp3) is 0.375. The number of rotatable bonds is 7. The smallest absolute Gasteiger partial charge is 0.251 e. The molecule has 1 unspecified atom stereocenters. The molecule has 0 bridgehead atoms. The van der Waals surface area contributed by atoms with Gasteiger partial charge in [0.15, 0.2) is 5.82 Å². The largest absolute Gasteiger partial charge is 0.497 e. The number of hydrogen-bond donors (Lipinski definition) is 1. The molecule has 1 amide bonds. The Balaban J connectivity index is 1.43. The van der Waals surface area contributed by atoms with Crippen LogP contribution in [0.3, 0.4) is 0 Å². The molecule has 1 N–H and O–H groups in total. The molecule has 3 aromatic rings. The van der Waals surface area contributed by atoms with Crippen molar-refractivity contribution in [3.63, 3.8) is 0 Å². The van der Waals surface area contributed by atoms with Crippen molar-refractivity contribution < 1.29 is 14.3 Å². The fourth-order valence-corrected chi connectivity index (χ4v) is 4.05. The molecule has 0 spiro atoms. The monoisotopic (exact) mass is 435 g/mol. The molecule has 0 saturated carbocycles. The third-order valence-electron chi connectivity index (χ3n) is 5.80. The van der Waals surface area contributed by atoms with Crippen molar-refractivity contribution >= 4 is 5.91 Å². The van der Waals surface area contributed by atoms with Gasteiger partial charge in [-0.15, -0.1) is 10.2 Å². The average Bonchev–Trinajstić information content (AvgIpc) is 3.13. The number of fused-ring (bicyclic) bond motifs is 1. The van der Waals surface area contributed by atoms with Gasteiger partial charge < -0.3 is 19.4 Å². The highest BCUT2D eigenvalue weighted by Crippen LogP contribution is 2.22. The minimum atomic E-state index is -0.268. The Hall–Kier alpha value is -3.39. The highest BCUT2D eigenvalue weighted by atomic mass is 16.5. The van der Waals surface area contributed by atoms with E-state index in [1.165, 1.54) is 5.56 Å². The summed E-state index contributed by atoms with van der Waals surface area (Å²) in [6.45, 7) is 5.28. The van der Waals surface area contributed by atoms with Crippen LogP contribution in [0.25, 0.3) is 0 Å². The van der Waals surface area contributed by atoms with Crippen molar-refractivity contribution in [3.8, 4) is 11.5 Å². The van der Waals surface area contributed by atoms with Crippen LogP contribution in [0.4, 0.5) is 0 Å². The molecule has 8 heteroatoms. The first-order valence-electron chi connectivity index (χ1n) is 10.8. The molecule has 168 valence electrons. The number of carbonyl (C=O) groups is 1. The number of hydrogen-bond acceptors (Lipinski definition) is 6. The minimum Gasteiger partial charge on any atom is -0.497 e. The summed E-state index contributed by atoms with van der Waals surface area (Å²) in [5.74, 6) is 3.11. The third-order valence-corrected chi connectivity index (χ3v) is 5.80. The lowest BCUT2D eigenvalue weighted by molar-refractivity contribution is 0.0937. The number of carbonyl (C=O) groups excluding carboxylic acids is 1. The lowest BCUT2D eigenvalue weighted by Gasteiger charge is -2.21. The third kappa shape index (κ3) is 4.75. The van der Waals surface area contributed by atoms with Crippen LogP contribution < -0.4 is 14.8 Å². The summed E-state index contributed by atoms with van der Waals surface area (Å²) in [5, 5.41) is 11.8. The van der Waals surface area contributed by atoms with Gasteiger partial charge in [0, 0.05) is 43.7 Å². The van der Waals surface area contributed by atoms with E-state index in [0.717, 1.165) is 50.0 Å². The number of para-hydroxylation sites is 1. The maximum atomic E-state index is 12.7. The molecule has 4 rings (SSSR count). The second-order valence-corrected chi connectivity index (χ2v) is 7.89. The van der Waals surface area contributed by atoms with Gasteiger partial charge in [0.2, 0.25) is 0 Å². The van der Waals surface area contributed by atoms with Gasteiger partial charge in [-0.1, -0.05) is 24.3 Å². The van der Waals surface area contributed by atoms with Gasteiger partial charge in [0.25, 0.3) is 5.91 Å². The summed E-state index contributed by atoms with van der Waals surface area (Å²) in [7, 11) is 3.29. The molecule has 0 radical (unpaired) electrons. The van der Waals surface area contributed by atoms with E-state index >= 15 is 0 Å². The summed E-state index contributed by atoms with van der Waals surface area (Å²) in [5.41, 5.74) is 1.72. The van der Waals surface area contributed by atoms with E-state index in [0.29, 0.717) is 11.3 Å². The van der Waals surface area contributed by atoms with E-state index in [1.54, 1.807) is 32.4 Å². The topological polar surface area (TPSA) is 81.5 Å². The number of nitrogens with one attached hydrogen (secondary N) is 1. The van der Waals surface area contributed by atoms with E-state index in [4.69, 9.17) is 9.47 Å². The maximum Gasteiger partial charge on any atom is 0.251 e. The Morgan fingerprint density at radius 3 is 2.72 bits per heavy atom. The van der Waals surface area contributed by atoms with E-state index < -0.39 is 0 Å². The molecular weight excluding hydrogens is 406 g/mol. The van der Waals surface area contributed by atoms with Gasteiger partial charge in [-0.3, -0.25) is 9.69 Å².